The van der Waals surface area contributed by atoms with Crippen molar-refractivity contribution in [2.75, 3.05) is 0 Å². The highest BCUT2D eigenvalue weighted by molar-refractivity contribution is 5.27. The van der Waals surface area contributed by atoms with E-state index < -0.39 is 0 Å². The van der Waals surface area contributed by atoms with E-state index in [1.807, 2.05) is 12.1 Å². The lowest BCUT2D eigenvalue weighted by Crippen LogP contribution is -2.33. The van der Waals surface area contributed by atoms with E-state index in [4.69, 9.17) is 11.2 Å². The van der Waals surface area contributed by atoms with Gasteiger partial charge in [-0.25, -0.2) is 0 Å². The van der Waals surface area contributed by atoms with E-state index in [1.165, 1.54) is 5.56 Å². The van der Waals surface area contributed by atoms with Gasteiger partial charge in [0.1, 0.15) is 11.4 Å². The van der Waals surface area contributed by atoms with Gasteiger partial charge in [0, 0.05) is 11.8 Å². The van der Waals surface area contributed by atoms with Gasteiger partial charge >= 0.3 is 0 Å². The second-order valence-corrected chi connectivity index (χ2v) is 5.88. The predicted molar refractivity (Wildman–Crippen MR) is 73.1 cm³/mol. The first kappa shape index (κ1) is 13.6. The van der Waals surface area contributed by atoms with Crippen LogP contribution in [0.2, 0.25) is 0 Å². The SMILES string of the molecule is C#CC(C)(C)CC(C)(C)Oc1ccc(C)cc1. The average molecular weight is 230 g/mol. The Morgan fingerprint density at radius 3 is 2.12 bits per heavy atom. The summed E-state index contributed by atoms with van der Waals surface area (Å²) in [7, 11) is 0. The van der Waals surface area contributed by atoms with Crippen LogP contribution in [-0.4, -0.2) is 5.60 Å². The zero-order valence-corrected chi connectivity index (χ0v) is 11.5. The van der Waals surface area contributed by atoms with Gasteiger partial charge in [0.2, 0.25) is 0 Å². The predicted octanol–water partition coefficient (Wildman–Crippen LogP) is 4.20. The normalized spacial score (nSPS) is 12.0. The van der Waals surface area contributed by atoms with Gasteiger partial charge in [-0.05, 0) is 46.8 Å². The summed E-state index contributed by atoms with van der Waals surface area (Å²) in [6.45, 7) is 10.3. The second-order valence-electron chi connectivity index (χ2n) is 5.88. The maximum atomic E-state index is 6.00. The molecule has 1 nitrogen and oxygen atoms in total. The summed E-state index contributed by atoms with van der Waals surface area (Å²) in [4.78, 5) is 0. The van der Waals surface area contributed by atoms with Crippen molar-refractivity contribution in [3.63, 3.8) is 0 Å². The molecule has 92 valence electrons. The molecule has 0 heterocycles. The Kier molecular flexibility index (Phi) is 3.88. The Balaban J connectivity index is 2.73. The molecule has 0 aromatic heterocycles. The Labute approximate surface area is 105 Å². The Hall–Kier alpha value is -1.42. The minimum Gasteiger partial charge on any atom is -0.488 e. The zero-order valence-electron chi connectivity index (χ0n) is 11.5. The lowest BCUT2D eigenvalue weighted by atomic mass is 9.82. The average Bonchev–Trinajstić information content (AvgIpc) is 2.20. The highest BCUT2D eigenvalue weighted by Crippen LogP contribution is 2.30. The number of terminal acetylenes is 1. The molecule has 1 heteroatoms. The third-order valence-electron chi connectivity index (χ3n) is 2.67. The molecule has 0 saturated heterocycles. The van der Waals surface area contributed by atoms with Crippen molar-refractivity contribution in [1.82, 2.24) is 0 Å². The van der Waals surface area contributed by atoms with Crippen molar-refractivity contribution >= 4 is 0 Å². The number of hydrogen-bond acceptors (Lipinski definition) is 1. The van der Waals surface area contributed by atoms with Crippen LogP contribution < -0.4 is 4.74 Å². The Morgan fingerprint density at radius 2 is 1.65 bits per heavy atom. The van der Waals surface area contributed by atoms with Crippen molar-refractivity contribution in [2.45, 2.75) is 46.6 Å². The van der Waals surface area contributed by atoms with Crippen LogP contribution in [0.4, 0.5) is 0 Å². The van der Waals surface area contributed by atoms with Crippen LogP contribution in [0.1, 0.15) is 39.7 Å². The van der Waals surface area contributed by atoms with E-state index in [9.17, 15) is 0 Å². The second kappa shape index (κ2) is 4.84. The molecule has 0 N–H and O–H groups in total. The van der Waals surface area contributed by atoms with Crippen molar-refractivity contribution in [2.24, 2.45) is 5.41 Å². The first-order valence-electron chi connectivity index (χ1n) is 5.98. The van der Waals surface area contributed by atoms with Crippen molar-refractivity contribution < 1.29 is 4.74 Å². The monoisotopic (exact) mass is 230 g/mol. The molecule has 0 fully saturated rings. The fraction of sp³-hybridized carbons (Fsp3) is 0.500. The van der Waals surface area contributed by atoms with Crippen molar-refractivity contribution in [3.05, 3.63) is 29.8 Å². The van der Waals surface area contributed by atoms with Crippen LogP contribution in [0.15, 0.2) is 24.3 Å². The summed E-state index contributed by atoms with van der Waals surface area (Å²) < 4.78 is 6.00. The van der Waals surface area contributed by atoms with Crippen LogP contribution in [0.5, 0.6) is 5.75 Å². The Morgan fingerprint density at radius 1 is 1.12 bits per heavy atom. The van der Waals surface area contributed by atoms with Gasteiger partial charge in [0.25, 0.3) is 0 Å². The summed E-state index contributed by atoms with van der Waals surface area (Å²) in [6, 6.07) is 8.11. The molecule has 1 rings (SSSR count). The van der Waals surface area contributed by atoms with Gasteiger partial charge in [-0.1, -0.05) is 17.7 Å². The smallest absolute Gasteiger partial charge is 0.120 e. The zero-order chi connectivity index (χ0) is 13.1. The first-order chi connectivity index (χ1) is 7.74. The van der Waals surface area contributed by atoms with E-state index in [-0.39, 0.29) is 11.0 Å². The minimum atomic E-state index is -0.259. The molecule has 1 aromatic rings. The van der Waals surface area contributed by atoms with E-state index in [0.29, 0.717) is 0 Å². The molecule has 0 saturated carbocycles. The third kappa shape index (κ3) is 4.53. The molecule has 0 spiro atoms. The van der Waals surface area contributed by atoms with Gasteiger partial charge in [-0.15, -0.1) is 12.3 Å². The van der Waals surface area contributed by atoms with Crippen molar-refractivity contribution in [1.29, 1.82) is 0 Å². The summed E-state index contributed by atoms with van der Waals surface area (Å²) in [5, 5.41) is 0. The van der Waals surface area contributed by atoms with E-state index in [1.54, 1.807) is 0 Å². The quantitative estimate of drug-likeness (QED) is 0.704. The van der Waals surface area contributed by atoms with Gasteiger partial charge < -0.3 is 4.74 Å². The number of ether oxygens (including phenoxy) is 1. The molecule has 0 aliphatic rings. The number of rotatable bonds is 4. The summed E-state index contributed by atoms with van der Waals surface area (Å²) in [6.07, 6.45) is 6.34. The highest BCUT2D eigenvalue weighted by Gasteiger charge is 2.29. The maximum absolute atomic E-state index is 6.00. The van der Waals surface area contributed by atoms with E-state index >= 15 is 0 Å². The highest BCUT2D eigenvalue weighted by atomic mass is 16.5. The molecule has 0 aliphatic carbocycles. The molecule has 17 heavy (non-hydrogen) atoms. The molecular weight excluding hydrogens is 208 g/mol. The first-order valence-corrected chi connectivity index (χ1v) is 5.98. The standard InChI is InChI=1S/C16H22O/c1-7-15(3,4)12-16(5,6)17-14-10-8-13(2)9-11-14/h1,8-11H,12H2,2-6H3. The molecule has 1 aromatic carbocycles. The van der Waals surface area contributed by atoms with Crippen LogP contribution in [0, 0.1) is 24.7 Å². The number of benzene rings is 1. The van der Waals surface area contributed by atoms with Gasteiger partial charge in [-0.2, -0.15) is 0 Å². The number of aryl methyl sites for hydroxylation is 1. The minimum absolute atomic E-state index is 0.145. The topological polar surface area (TPSA) is 9.23 Å². The molecule has 0 unspecified atom stereocenters. The largest absolute Gasteiger partial charge is 0.488 e. The maximum Gasteiger partial charge on any atom is 0.120 e. The van der Waals surface area contributed by atoms with Gasteiger partial charge in [-0.3, -0.25) is 0 Å². The fourth-order valence-corrected chi connectivity index (χ4v) is 2.08. The fourth-order valence-electron chi connectivity index (χ4n) is 2.08. The molecule has 0 amide bonds. The van der Waals surface area contributed by atoms with Gasteiger partial charge in [0.15, 0.2) is 0 Å². The van der Waals surface area contributed by atoms with Crippen LogP contribution in [0.3, 0.4) is 0 Å². The summed E-state index contributed by atoms with van der Waals surface area (Å²) in [5.74, 6) is 3.71. The molecule has 0 radical (unpaired) electrons. The van der Waals surface area contributed by atoms with E-state index in [2.05, 4.69) is 52.7 Å². The van der Waals surface area contributed by atoms with Crippen molar-refractivity contribution in [3.8, 4) is 18.1 Å². The van der Waals surface area contributed by atoms with Crippen LogP contribution >= 0.6 is 0 Å². The van der Waals surface area contributed by atoms with E-state index in [0.717, 1.165) is 12.2 Å². The van der Waals surface area contributed by atoms with Crippen LogP contribution in [0.25, 0.3) is 0 Å². The number of hydrogen-bond donors (Lipinski definition) is 0. The molecule has 0 atom stereocenters. The molecule has 0 bridgehead atoms. The lowest BCUT2D eigenvalue weighted by molar-refractivity contribution is 0.0721. The van der Waals surface area contributed by atoms with Crippen LogP contribution in [-0.2, 0) is 0 Å². The molecular formula is C16H22O. The summed E-state index contributed by atoms with van der Waals surface area (Å²) in [5.41, 5.74) is 0.832. The third-order valence-corrected chi connectivity index (χ3v) is 2.67. The van der Waals surface area contributed by atoms with Gasteiger partial charge in [0.05, 0.1) is 0 Å². The summed E-state index contributed by atoms with van der Waals surface area (Å²) >= 11 is 0. The Bertz CT molecular complexity index is 404. The lowest BCUT2D eigenvalue weighted by Gasteiger charge is -2.32. The molecule has 0 aliphatic heterocycles.